The first kappa shape index (κ1) is 16.7. The van der Waals surface area contributed by atoms with E-state index in [0.717, 1.165) is 0 Å². The second-order valence-corrected chi connectivity index (χ2v) is 5.85. The normalized spacial score (nSPS) is 15.6. The van der Waals surface area contributed by atoms with Crippen LogP contribution in [0.3, 0.4) is 0 Å². The van der Waals surface area contributed by atoms with Crippen molar-refractivity contribution in [3.63, 3.8) is 0 Å². The van der Waals surface area contributed by atoms with Gasteiger partial charge >= 0.3 is 5.97 Å². The van der Waals surface area contributed by atoms with Crippen molar-refractivity contribution in [1.82, 2.24) is 0 Å². The molecule has 20 heavy (non-hydrogen) atoms. The van der Waals surface area contributed by atoms with E-state index in [0.29, 0.717) is 18.3 Å². The lowest BCUT2D eigenvalue weighted by Crippen LogP contribution is -2.34. The van der Waals surface area contributed by atoms with E-state index in [1.165, 1.54) is 29.4 Å². The Morgan fingerprint density at radius 1 is 1.20 bits per heavy atom. The number of rotatable bonds is 5. The summed E-state index contributed by atoms with van der Waals surface area (Å²) < 4.78 is 4.69. The molecule has 0 saturated carbocycles. The monoisotopic (exact) mass is 277 g/mol. The number of ether oxygens (including phenoxy) is 1. The van der Waals surface area contributed by atoms with Gasteiger partial charge in [-0.25, -0.2) is 0 Å². The van der Waals surface area contributed by atoms with Gasteiger partial charge in [0.25, 0.3) is 0 Å². The number of hydrogen-bond donors (Lipinski definition) is 1. The van der Waals surface area contributed by atoms with Crippen LogP contribution in [-0.2, 0) is 9.53 Å². The third-order valence-electron chi connectivity index (χ3n) is 4.57. The third kappa shape index (κ3) is 3.60. The van der Waals surface area contributed by atoms with E-state index in [1.54, 1.807) is 0 Å². The predicted octanol–water partition coefficient (Wildman–Crippen LogP) is 3.24. The number of carbonyl (C=O) groups excluding carboxylic acids is 1. The number of methoxy groups -OCH3 is 1. The first-order valence-electron chi connectivity index (χ1n) is 7.19. The molecule has 1 rings (SSSR count). The van der Waals surface area contributed by atoms with Crippen LogP contribution in [0.2, 0.25) is 0 Å². The number of esters is 1. The summed E-state index contributed by atoms with van der Waals surface area (Å²) in [4.78, 5) is 11.4. The topological polar surface area (TPSA) is 52.3 Å². The number of aryl methyl sites for hydroxylation is 1. The summed E-state index contributed by atoms with van der Waals surface area (Å²) in [6, 6.07) is 3.83. The predicted molar refractivity (Wildman–Crippen MR) is 82.8 cm³/mol. The summed E-state index contributed by atoms with van der Waals surface area (Å²) >= 11 is 0. The van der Waals surface area contributed by atoms with Crippen molar-refractivity contribution < 1.29 is 9.53 Å². The van der Waals surface area contributed by atoms with Crippen molar-refractivity contribution in [1.29, 1.82) is 0 Å². The van der Waals surface area contributed by atoms with Crippen molar-refractivity contribution in [2.45, 2.75) is 53.0 Å². The second-order valence-electron chi connectivity index (χ2n) is 5.85. The molecule has 0 aliphatic heterocycles. The lowest BCUT2D eigenvalue weighted by molar-refractivity contribution is -0.142. The highest BCUT2D eigenvalue weighted by molar-refractivity contribution is 5.75. The number of carbonyl (C=O) groups is 1. The van der Waals surface area contributed by atoms with Crippen LogP contribution in [-0.4, -0.2) is 19.1 Å². The van der Waals surface area contributed by atoms with Gasteiger partial charge in [0.2, 0.25) is 0 Å². The van der Waals surface area contributed by atoms with Crippen LogP contribution in [0.5, 0.6) is 0 Å². The smallest absolute Gasteiger partial charge is 0.322 e. The minimum absolute atomic E-state index is 0.324. The molecule has 0 aromatic heterocycles. The van der Waals surface area contributed by atoms with E-state index < -0.39 is 6.04 Å². The van der Waals surface area contributed by atoms with E-state index in [9.17, 15) is 4.79 Å². The van der Waals surface area contributed by atoms with Crippen molar-refractivity contribution in [2.24, 2.45) is 11.7 Å². The van der Waals surface area contributed by atoms with E-state index >= 15 is 0 Å². The van der Waals surface area contributed by atoms with Crippen LogP contribution in [0.25, 0.3) is 0 Å². The van der Waals surface area contributed by atoms with E-state index in [2.05, 4.69) is 46.8 Å². The summed E-state index contributed by atoms with van der Waals surface area (Å²) in [6.45, 7) is 10.8. The highest BCUT2D eigenvalue weighted by atomic mass is 16.5. The van der Waals surface area contributed by atoms with Gasteiger partial charge in [-0.1, -0.05) is 26.0 Å². The van der Waals surface area contributed by atoms with Gasteiger partial charge in [0, 0.05) is 0 Å². The fraction of sp³-hybridized carbons (Fsp3) is 0.588. The van der Waals surface area contributed by atoms with Crippen LogP contribution in [0.15, 0.2) is 12.1 Å². The molecule has 0 heterocycles. The quantitative estimate of drug-likeness (QED) is 0.841. The third-order valence-corrected chi connectivity index (χ3v) is 4.57. The van der Waals surface area contributed by atoms with Gasteiger partial charge in [0.1, 0.15) is 6.04 Å². The van der Waals surface area contributed by atoms with Gasteiger partial charge in [-0.2, -0.15) is 0 Å². The van der Waals surface area contributed by atoms with Crippen molar-refractivity contribution >= 4 is 5.97 Å². The molecule has 3 heteroatoms. The molecule has 2 N–H and O–H groups in total. The standard InChI is InChI=1S/C17H27NO2/c1-10-7-8-15(14(5)12(10)3)13(4)11(2)9-16(18)17(19)20-6/h7-8,11,13,16H,9,18H2,1-6H3. The average Bonchev–Trinajstić information content (AvgIpc) is 2.43. The Morgan fingerprint density at radius 2 is 1.80 bits per heavy atom. The zero-order valence-electron chi connectivity index (χ0n) is 13.5. The zero-order chi connectivity index (χ0) is 15.4. The second kappa shape index (κ2) is 6.89. The van der Waals surface area contributed by atoms with Gasteiger partial charge in [0.15, 0.2) is 0 Å². The van der Waals surface area contributed by atoms with Gasteiger partial charge < -0.3 is 10.5 Å². The maximum absolute atomic E-state index is 11.4. The largest absolute Gasteiger partial charge is 0.468 e. The Kier molecular flexibility index (Phi) is 5.75. The van der Waals surface area contributed by atoms with Crippen molar-refractivity contribution in [2.75, 3.05) is 7.11 Å². The van der Waals surface area contributed by atoms with Gasteiger partial charge in [-0.15, -0.1) is 0 Å². The first-order valence-corrected chi connectivity index (χ1v) is 7.19. The molecular weight excluding hydrogens is 250 g/mol. The fourth-order valence-corrected chi connectivity index (χ4v) is 2.63. The Labute approximate surface area is 122 Å². The highest BCUT2D eigenvalue weighted by Crippen LogP contribution is 2.31. The molecule has 0 spiro atoms. The maximum atomic E-state index is 11.4. The maximum Gasteiger partial charge on any atom is 0.322 e. The molecule has 0 aliphatic rings. The van der Waals surface area contributed by atoms with E-state index in [-0.39, 0.29) is 5.97 Å². The summed E-state index contributed by atoms with van der Waals surface area (Å²) in [5.74, 6) is 0.357. The van der Waals surface area contributed by atoms with Gasteiger partial charge in [0.05, 0.1) is 7.11 Å². The molecule has 3 unspecified atom stereocenters. The zero-order valence-corrected chi connectivity index (χ0v) is 13.5. The van der Waals surface area contributed by atoms with Crippen LogP contribution in [0.4, 0.5) is 0 Å². The van der Waals surface area contributed by atoms with E-state index in [1.807, 2.05) is 0 Å². The minimum Gasteiger partial charge on any atom is -0.468 e. The van der Waals surface area contributed by atoms with Gasteiger partial charge in [-0.05, 0) is 61.3 Å². The molecule has 1 aromatic rings. The molecule has 0 amide bonds. The molecular formula is C17H27NO2. The molecule has 0 aliphatic carbocycles. The summed E-state index contributed by atoms with van der Waals surface area (Å²) in [5.41, 5.74) is 11.2. The lowest BCUT2D eigenvalue weighted by atomic mass is 9.81. The number of hydrogen-bond acceptors (Lipinski definition) is 3. The Bertz CT molecular complexity index is 482. The van der Waals surface area contributed by atoms with Crippen LogP contribution in [0, 0.1) is 26.7 Å². The SMILES string of the molecule is COC(=O)C(N)CC(C)C(C)c1ccc(C)c(C)c1C. The van der Waals surface area contributed by atoms with Crippen molar-refractivity contribution in [3.05, 3.63) is 34.4 Å². The molecule has 112 valence electrons. The average molecular weight is 277 g/mol. The number of benzene rings is 1. The first-order chi connectivity index (χ1) is 9.29. The molecule has 0 radical (unpaired) electrons. The summed E-state index contributed by atoms with van der Waals surface area (Å²) in [7, 11) is 1.38. The summed E-state index contributed by atoms with van der Waals surface area (Å²) in [6.07, 6.45) is 0.639. The Hall–Kier alpha value is -1.35. The lowest BCUT2D eigenvalue weighted by Gasteiger charge is -2.25. The molecule has 0 bridgehead atoms. The molecule has 3 atom stereocenters. The fourth-order valence-electron chi connectivity index (χ4n) is 2.63. The van der Waals surface area contributed by atoms with Gasteiger partial charge in [-0.3, -0.25) is 4.79 Å². The minimum atomic E-state index is -0.538. The van der Waals surface area contributed by atoms with E-state index in [4.69, 9.17) is 10.5 Å². The molecule has 0 saturated heterocycles. The molecule has 3 nitrogen and oxygen atoms in total. The van der Waals surface area contributed by atoms with Crippen LogP contribution in [0.1, 0.15) is 48.4 Å². The van der Waals surface area contributed by atoms with Crippen LogP contribution >= 0.6 is 0 Å². The van der Waals surface area contributed by atoms with Crippen LogP contribution < -0.4 is 5.73 Å². The Balaban J connectivity index is 2.87. The summed E-state index contributed by atoms with van der Waals surface area (Å²) in [5, 5.41) is 0. The Morgan fingerprint density at radius 3 is 2.35 bits per heavy atom. The molecule has 0 fully saturated rings. The highest BCUT2D eigenvalue weighted by Gasteiger charge is 2.23. The van der Waals surface area contributed by atoms with Crippen molar-refractivity contribution in [3.8, 4) is 0 Å². The number of nitrogens with two attached hydrogens (primary N) is 1. The molecule has 1 aromatic carbocycles.